The lowest BCUT2D eigenvalue weighted by Crippen LogP contribution is -2.35. The average Bonchev–Trinajstić information content (AvgIpc) is 2.56. The summed E-state index contributed by atoms with van der Waals surface area (Å²) in [6, 6.07) is 1.82. The minimum atomic E-state index is -0.133. The van der Waals surface area contributed by atoms with Crippen LogP contribution in [0.15, 0.2) is 11.6 Å². The van der Waals surface area contributed by atoms with Gasteiger partial charge in [-0.25, -0.2) is 4.79 Å². The number of thioether (sulfide) groups is 1. The molecule has 1 N–H and O–H groups in total. The number of hydrogen-bond donors (Lipinski definition) is 1. The molecule has 0 aromatic rings. The highest BCUT2D eigenvalue weighted by Gasteiger charge is 2.12. The number of nitriles is 1. The number of carbonyl (C=O) groups excluding carboxylic acids is 1. The Morgan fingerprint density at radius 3 is 3.25 bits per heavy atom. The maximum atomic E-state index is 11.2. The van der Waals surface area contributed by atoms with Crippen molar-refractivity contribution in [3.05, 3.63) is 11.6 Å². The number of rotatable bonds is 2. The van der Waals surface area contributed by atoms with Gasteiger partial charge in [0.1, 0.15) is 0 Å². The van der Waals surface area contributed by atoms with E-state index in [4.69, 9.17) is 5.26 Å². The summed E-state index contributed by atoms with van der Waals surface area (Å²) in [5.74, 6) is 0.665. The van der Waals surface area contributed by atoms with Crippen LogP contribution in [0.5, 0.6) is 0 Å². The van der Waals surface area contributed by atoms with Crippen molar-refractivity contribution in [2.24, 2.45) is 0 Å². The van der Waals surface area contributed by atoms with Crippen LogP contribution < -0.4 is 5.32 Å². The highest BCUT2D eigenvalue weighted by Crippen LogP contribution is 2.14. The van der Waals surface area contributed by atoms with Crippen molar-refractivity contribution in [3.8, 4) is 6.07 Å². The maximum Gasteiger partial charge on any atom is 0.322 e. The molecule has 0 aromatic heterocycles. The van der Waals surface area contributed by atoms with E-state index < -0.39 is 0 Å². The summed E-state index contributed by atoms with van der Waals surface area (Å²) in [5, 5.41) is 12.7. The smallest absolute Gasteiger partial charge is 0.322 e. The van der Waals surface area contributed by atoms with Gasteiger partial charge in [-0.05, 0) is 5.41 Å². The fourth-order valence-corrected chi connectivity index (χ4v) is 1.42. The maximum absolute atomic E-state index is 11.2. The van der Waals surface area contributed by atoms with Gasteiger partial charge in [-0.15, -0.1) is 11.8 Å². The van der Waals surface area contributed by atoms with Crippen LogP contribution >= 0.6 is 11.8 Å². The van der Waals surface area contributed by atoms with E-state index in [2.05, 4.69) is 5.32 Å². The Hall–Kier alpha value is -1.15. The molecule has 1 rings (SSSR count). The van der Waals surface area contributed by atoms with Crippen LogP contribution in [0, 0.1) is 11.3 Å². The first-order valence-electron chi connectivity index (χ1n) is 3.54. The van der Waals surface area contributed by atoms with E-state index in [1.807, 2.05) is 11.5 Å². The molecule has 64 valence electrons. The van der Waals surface area contributed by atoms with Crippen LogP contribution in [0.2, 0.25) is 0 Å². The minimum absolute atomic E-state index is 0.133. The van der Waals surface area contributed by atoms with E-state index in [1.165, 1.54) is 0 Å². The Balaban J connectivity index is 2.20. The van der Waals surface area contributed by atoms with Gasteiger partial charge in [-0.1, -0.05) is 0 Å². The number of nitrogens with one attached hydrogen (secondary N) is 1. The third-order valence-electron chi connectivity index (χ3n) is 1.32. The van der Waals surface area contributed by atoms with Crippen molar-refractivity contribution in [3.63, 3.8) is 0 Å². The molecule has 0 aliphatic carbocycles. The lowest BCUT2D eigenvalue weighted by Gasteiger charge is -2.12. The van der Waals surface area contributed by atoms with Crippen LogP contribution in [-0.2, 0) is 0 Å². The molecule has 0 spiro atoms. The lowest BCUT2D eigenvalue weighted by atomic mass is 10.5. The Labute approximate surface area is 75.2 Å². The molecule has 0 atom stereocenters. The molecule has 12 heavy (non-hydrogen) atoms. The fraction of sp³-hybridized carbons (Fsp3) is 0.429. The molecule has 2 amide bonds. The van der Waals surface area contributed by atoms with E-state index in [9.17, 15) is 4.79 Å². The SMILES string of the molecule is N#CCCNC(=O)N1C=CSC1. The Morgan fingerprint density at radius 1 is 1.83 bits per heavy atom. The van der Waals surface area contributed by atoms with E-state index in [1.54, 1.807) is 22.9 Å². The molecule has 1 aliphatic rings. The largest absolute Gasteiger partial charge is 0.337 e. The molecule has 4 nitrogen and oxygen atoms in total. The zero-order chi connectivity index (χ0) is 8.81. The first-order valence-corrected chi connectivity index (χ1v) is 4.59. The van der Waals surface area contributed by atoms with Gasteiger partial charge >= 0.3 is 6.03 Å². The van der Waals surface area contributed by atoms with Crippen molar-refractivity contribution >= 4 is 17.8 Å². The summed E-state index contributed by atoms with van der Waals surface area (Å²) >= 11 is 1.57. The summed E-state index contributed by atoms with van der Waals surface area (Å²) in [6.45, 7) is 0.421. The lowest BCUT2D eigenvalue weighted by molar-refractivity contribution is 0.221. The quantitative estimate of drug-likeness (QED) is 0.652. The second-order valence-corrected chi connectivity index (χ2v) is 3.05. The minimum Gasteiger partial charge on any atom is -0.337 e. The number of carbonyl (C=O) groups is 1. The van der Waals surface area contributed by atoms with Gasteiger partial charge in [0, 0.05) is 12.7 Å². The van der Waals surface area contributed by atoms with Crippen molar-refractivity contribution in [2.75, 3.05) is 12.4 Å². The van der Waals surface area contributed by atoms with Crippen LogP contribution in [0.3, 0.4) is 0 Å². The molecule has 0 unspecified atom stereocenters. The number of hydrogen-bond acceptors (Lipinski definition) is 3. The van der Waals surface area contributed by atoms with Gasteiger partial charge in [0.15, 0.2) is 0 Å². The fourth-order valence-electron chi connectivity index (χ4n) is 0.736. The molecule has 1 aliphatic heterocycles. The topological polar surface area (TPSA) is 56.1 Å². The zero-order valence-corrected chi connectivity index (χ0v) is 7.30. The molecule has 0 aromatic carbocycles. The van der Waals surface area contributed by atoms with Crippen LogP contribution in [0.4, 0.5) is 4.79 Å². The Bertz CT molecular complexity index is 233. The Morgan fingerprint density at radius 2 is 2.67 bits per heavy atom. The summed E-state index contributed by atoms with van der Waals surface area (Å²) in [6.07, 6.45) is 2.09. The molecule has 0 saturated heterocycles. The van der Waals surface area contributed by atoms with Gasteiger partial charge in [0.25, 0.3) is 0 Å². The molecule has 5 heteroatoms. The van der Waals surface area contributed by atoms with Gasteiger partial charge in [-0.2, -0.15) is 5.26 Å². The van der Waals surface area contributed by atoms with Crippen molar-refractivity contribution in [1.29, 1.82) is 5.26 Å². The summed E-state index contributed by atoms with van der Waals surface area (Å²) in [5.41, 5.74) is 0. The standard InChI is InChI=1S/C7H9N3OS/c8-2-1-3-9-7(11)10-4-5-12-6-10/h4-5H,1,3,6H2,(H,9,11). The summed E-state index contributed by atoms with van der Waals surface area (Å²) in [4.78, 5) is 12.7. The highest BCUT2D eigenvalue weighted by molar-refractivity contribution is 8.02. The van der Waals surface area contributed by atoms with Gasteiger partial charge < -0.3 is 5.32 Å². The van der Waals surface area contributed by atoms with Gasteiger partial charge in [-0.3, -0.25) is 4.90 Å². The highest BCUT2D eigenvalue weighted by atomic mass is 32.2. The van der Waals surface area contributed by atoms with Crippen LogP contribution in [0.25, 0.3) is 0 Å². The molecule has 1 heterocycles. The first kappa shape index (κ1) is 8.94. The monoisotopic (exact) mass is 183 g/mol. The van der Waals surface area contributed by atoms with Gasteiger partial charge in [0.05, 0.1) is 18.4 Å². The van der Waals surface area contributed by atoms with E-state index in [0.29, 0.717) is 18.8 Å². The molecule has 0 saturated carbocycles. The third kappa shape index (κ3) is 2.47. The zero-order valence-electron chi connectivity index (χ0n) is 6.49. The Kier molecular flexibility index (Phi) is 3.48. The number of nitrogens with zero attached hydrogens (tertiary/aromatic N) is 2. The van der Waals surface area contributed by atoms with E-state index >= 15 is 0 Å². The van der Waals surface area contributed by atoms with Crippen molar-refractivity contribution in [1.82, 2.24) is 10.2 Å². The molecular weight excluding hydrogens is 174 g/mol. The predicted molar refractivity (Wildman–Crippen MR) is 47.1 cm³/mol. The number of amides is 2. The van der Waals surface area contributed by atoms with Crippen molar-refractivity contribution < 1.29 is 4.79 Å². The number of urea groups is 1. The average molecular weight is 183 g/mol. The first-order chi connectivity index (χ1) is 5.84. The third-order valence-corrected chi connectivity index (χ3v) is 2.07. The van der Waals surface area contributed by atoms with E-state index in [-0.39, 0.29) is 6.03 Å². The van der Waals surface area contributed by atoms with Crippen molar-refractivity contribution in [2.45, 2.75) is 6.42 Å². The molecule has 0 bridgehead atoms. The second kappa shape index (κ2) is 4.67. The van der Waals surface area contributed by atoms with Crippen LogP contribution in [-0.4, -0.2) is 23.4 Å². The normalized spacial score (nSPS) is 14.4. The summed E-state index contributed by atoms with van der Waals surface area (Å²) in [7, 11) is 0. The van der Waals surface area contributed by atoms with Crippen LogP contribution in [0.1, 0.15) is 6.42 Å². The molecular formula is C7H9N3OS. The summed E-state index contributed by atoms with van der Waals surface area (Å²) < 4.78 is 0. The molecule has 0 radical (unpaired) electrons. The predicted octanol–water partition coefficient (Wildman–Crippen LogP) is 1.09. The second-order valence-electron chi connectivity index (χ2n) is 2.19. The molecule has 0 fully saturated rings. The van der Waals surface area contributed by atoms with Gasteiger partial charge in [0.2, 0.25) is 0 Å². The van der Waals surface area contributed by atoms with E-state index in [0.717, 1.165) is 0 Å².